The van der Waals surface area contributed by atoms with Crippen LogP contribution in [0, 0.1) is 0 Å². The number of aliphatic hydroxyl groups is 2. The van der Waals surface area contributed by atoms with Crippen molar-refractivity contribution in [3.8, 4) is 16.9 Å². The van der Waals surface area contributed by atoms with E-state index in [9.17, 15) is 9.90 Å². The van der Waals surface area contributed by atoms with E-state index in [0.29, 0.717) is 16.2 Å². The second kappa shape index (κ2) is 7.27. The molecule has 0 amide bonds. The van der Waals surface area contributed by atoms with Crippen LogP contribution in [-0.2, 0) is 6.54 Å². The van der Waals surface area contributed by atoms with Crippen molar-refractivity contribution in [2.75, 3.05) is 13.7 Å². The van der Waals surface area contributed by atoms with Crippen LogP contribution in [0.25, 0.3) is 21.9 Å². The Balaban J connectivity index is 2.31. The lowest BCUT2D eigenvalue weighted by Gasteiger charge is -2.15. The van der Waals surface area contributed by atoms with Gasteiger partial charge in [0, 0.05) is 27.6 Å². The van der Waals surface area contributed by atoms with Crippen molar-refractivity contribution in [1.29, 1.82) is 0 Å². The number of pyridine rings is 1. The molecule has 3 aromatic rings. The average molecular weight is 360 g/mol. The molecule has 1 heterocycles. The molecular formula is C19H18ClNO4. The van der Waals surface area contributed by atoms with E-state index >= 15 is 0 Å². The molecule has 0 saturated carbocycles. The van der Waals surface area contributed by atoms with Crippen LogP contribution in [0.4, 0.5) is 0 Å². The number of aliphatic hydroxyl groups excluding tert-OH is 2. The number of methoxy groups -OCH3 is 1. The highest BCUT2D eigenvalue weighted by Gasteiger charge is 2.14. The molecule has 1 atom stereocenters. The van der Waals surface area contributed by atoms with Gasteiger partial charge in [0.15, 0.2) is 0 Å². The number of ether oxygens (including phenoxy) is 1. The minimum absolute atomic E-state index is 0.00483. The lowest BCUT2D eigenvalue weighted by atomic mass is 10.00. The number of fused-ring (bicyclic) bond motifs is 1. The minimum Gasteiger partial charge on any atom is -0.497 e. The summed E-state index contributed by atoms with van der Waals surface area (Å²) in [5.41, 5.74) is 1.40. The summed E-state index contributed by atoms with van der Waals surface area (Å²) in [6, 6.07) is 12.6. The number of hydrogen-bond acceptors (Lipinski definition) is 4. The predicted octanol–water partition coefficient (Wildman–Crippen LogP) is 2.68. The van der Waals surface area contributed by atoms with Crippen LogP contribution in [0.3, 0.4) is 0 Å². The molecule has 25 heavy (non-hydrogen) atoms. The van der Waals surface area contributed by atoms with Gasteiger partial charge in [0.05, 0.1) is 26.4 Å². The zero-order valence-electron chi connectivity index (χ0n) is 13.6. The van der Waals surface area contributed by atoms with Crippen molar-refractivity contribution in [2.45, 2.75) is 12.6 Å². The number of rotatable bonds is 5. The molecule has 6 heteroatoms. The van der Waals surface area contributed by atoms with Gasteiger partial charge in [0.25, 0.3) is 5.56 Å². The van der Waals surface area contributed by atoms with Gasteiger partial charge in [-0.15, -0.1) is 0 Å². The maximum absolute atomic E-state index is 12.7. The largest absolute Gasteiger partial charge is 0.497 e. The first-order valence-electron chi connectivity index (χ1n) is 7.79. The van der Waals surface area contributed by atoms with Crippen LogP contribution in [0.15, 0.2) is 53.5 Å². The van der Waals surface area contributed by atoms with Gasteiger partial charge in [-0.25, -0.2) is 0 Å². The van der Waals surface area contributed by atoms with Gasteiger partial charge in [-0.1, -0.05) is 23.7 Å². The Morgan fingerprint density at radius 3 is 2.68 bits per heavy atom. The number of benzene rings is 2. The van der Waals surface area contributed by atoms with E-state index in [1.54, 1.807) is 37.6 Å². The Kier molecular flexibility index (Phi) is 5.08. The predicted molar refractivity (Wildman–Crippen MR) is 98.3 cm³/mol. The lowest BCUT2D eigenvalue weighted by molar-refractivity contribution is 0.0805. The maximum Gasteiger partial charge on any atom is 0.258 e. The van der Waals surface area contributed by atoms with Crippen LogP contribution in [-0.4, -0.2) is 34.6 Å². The summed E-state index contributed by atoms with van der Waals surface area (Å²) in [5.74, 6) is 0.642. The van der Waals surface area contributed by atoms with Crippen molar-refractivity contribution in [3.05, 3.63) is 64.0 Å². The van der Waals surface area contributed by atoms with Gasteiger partial charge in [-0.2, -0.15) is 0 Å². The Labute approximate surface area is 149 Å². The van der Waals surface area contributed by atoms with E-state index in [1.807, 2.05) is 18.2 Å². The molecule has 5 nitrogen and oxygen atoms in total. The Bertz CT molecular complexity index is 967. The smallest absolute Gasteiger partial charge is 0.258 e. The Hall–Kier alpha value is -2.34. The fraction of sp³-hybridized carbons (Fsp3) is 0.211. The summed E-state index contributed by atoms with van der Waals surface area (Å²) in [5, 5.41) is 20.7. The summed E-state index contributed by atoms with van der Waals surface area (Å²) in [7, 11) is 1.57. The monoisotopic (exact) mass is 359 g/mol. The number of hydrogen-bond donors (Lipinski definition) is 2. The summed E-state index contributed by atoms with van der Waals surface area (Å²) >= 11 is 6.12. The highest BCUT2D eigenvalue weighted by atomic mass is 35.5. The zero-order valence-corrected chi connectivity index (χ0v) is 14.4. The second-order valence-corrected chi connectivity index (χ2v) is 6.19. The fourth-order valence-corrected chi connectivity index (χ4v) is 3.00. The van der Waals surface area contributed by atoms with Gasteiger partial charge < -0.3 is 19.5 Å². The molecule has 0 fully saturated rings. The Morgan fingerprint density at radius 2 is 2.00 bits per heavy atom. The van der Waals surface area contributed by atoms with Gasteiger partial charge >= 0.3 is 0 Å². The average Bonchev–Trinajstić information content (AvgIpc) is 2.63. The van der Waals surface area contributed by atoms with Crippen molar-refractivity contribution in [2.24, 2.45) is 0 Å². The molecule has 0 saturated heterocycles. The second-order valence-electron chi connectivity index (χ2n) is 5.76. The van der Waals surface area contributed by atoms with Crippen LogP contribution >= 0.6 is 11.6 Å². The van der Waals surface area contributed by atoms with Crippen molar-refractivity contribution < 1.29 is 14.9 Å². The molecule has 0 bridgehead atoms. The third-order valence-corrected chi connectivity index (χ3v) is 4.28. The maximum atomic E-state index is 12.7. The quantitative estimate of drug-likeness (QED) is 0.734. The molecule has 3 rings (SSSR count). The summed E-state index contributed by atoms with van der Waals surface area (Å²) in [6.07, 6.45) is 0.662. The van der Waals surface area contributed by atoms with E-state index in [2.05, 4.69) is 0 Å². The first-order valence-corrected chi connectivity index (χ1v) is 8.17. The van der Waals surface area contributed by atoms with Gasteiger partial charge in [-0.05, 0) is 35.9 Å². The third kappa shape index (κ3) is 3.54. The van der Waals surface area contributed by atoms with E-state index < -0.39 is 12.7 Å². The van der Waals surface area contributed by atoms with Gasteiger partial charge in [-0.3, -0.25) is 4.79 Å². The molecule has 130 valence electrons. The third-order valence-electron chi connectivity index (χ3n) is 4.05. The summed E-state index contributed by atoms with van der Waals surface area (Å²) in [4.78, 5) is 12.7. The summed E-state index contributed by atoms with van der Waals surface area (Å²) in [6.45, 7) is -0.412. The van der Waals surface area contributed by atoms with Crippen LogP contribution in [0.1, 0.15) is 0 Å². The molecular weight excluding hydrogens is 342 g/mol. The molecule has 2 aromatic carbocycles. The number of nitrogens with zero attached hydrogens (tertiary/aromatic N) is 1. The van der Waals surface area contributed by atoms with Crippen molar-refractivity contribution in [3.63, 3.8) is 0 Å². The molecule has 0 aliphatic heterocycles. The number of aromatic nitrogens is 1. The molecule has 2 N–H and O–H groups in total. The molecule has 1 unspecified atom stereocenters. The van der Waals surface area contributed by atoms with Crippen molar-refractivity contribution >= 4 is 22.4 Å². The molecule has 0 aliphatic carbocycles. The normalized spacial score (nSPS) is 12.3. The van der Waals surface area contributed by atoms with E-state index in [1.165, 1.54) is 4.57 Å². The van der Waals surface area contributed by atoms with Crippen molar-refractivity contribution in [1.82, 2.24) is 4.57 Å². The van der Waals surface area contributed by atoms with Crippen LogP contribution in [0.5, 0.6) is 5.75 Å². The van der Waals surface area contributed by atoms with Crippen LogP contribution < -0.4 is 10.3 Å². The van der Waals surface area contributed by atoms with E-state index in [0.717, 1.165) is 16.5 Å². The fourth-order valence-electron chi connectivity index (χ4n) is 2.80. The summed E-state index contributed by atoms with van der Waals surface area (Å²) < 4.78 is 6.69. The lowest BCUT2D eigenvalue weighted by Crippen LogP contribution is -2.28. The standard InChI is InChI=1S/C19H18ClNO4/c1-25-15-5-6-16-17(8-15)18(12-3-2-4-13(20)7-12)10-21(19(16)24)9-14(23)11-22/h2-8,10,14,22-23H,9,11H2,1H3. The first-order chi connectivity index (χ1) is 12.0. The molecule has 0 spiro atoms. The molecule has 0 aliphatic rings. The SMILES string of the molecule is COc1ccc2c(=O)n(CC(O)CO)cc(-c3cccc(Cl)c3)c2c1. The zero-order chi connectivity index (χ0) is 18.0. The van der Waals surface area contributed by atoms with Gasteiger partial charge in [0.2, 0.25) is 0 Å². The minimum atomic E-state index is -1.01. The first kappa shape index (κ1) is 17.5. The topological polar surface area (TPSA) is 71.7 Å². The highest BCUT2D eigenvalue weighted by molar-refractivity contribution is 6.30. The molecule has 1 aromatic heterocycles. The molecule has 0 radical (unpaired) electrons. The van der Waals surface area contributed by atoms with Gasteiger partial charge in [0.1, 0.15) is 5.75 Å². The van der Waals surface area contributed by atoms with E-state index in [-0.39, 0.29) is 12.1 Å². The Morgan fingerprint density at radius 1 is 1.20 bits per heavy atom. The highest BCUT2D eigenvalue weighted by Crippen LogP contribution is 2.31. The van der Waals surface area contributed by atoms with E-state index in [4.69, 9.17) is 21.4 Å². The number of halogens is 1. The van der Waals surface area contributed by atoms with Crippen LogP contribution in [0.2, 0.25) is 5.02 Å².